The first kappa shape index (κ1) is 16.7. The first-order valence-corrected chi connectivity index (χ1v) is 8.08. The maximum Gasteiger partial charge on any atom is 0.226 e. The van der Waals surface area contributed by atoms with Gasteiger partial charge in [0.05, 0.1) is 24.2 Å². The fourth-order valence-electron chi connectivity index (χ4n) is 2.71. The Kier molecular flexibility index (Phi) is 4.79. The van der Waals surface area contributed by atoms with E-state index in [1.807, 2.05) is 49.4 Å². The normalized spacial score (nSPS) is 11.9. The molecular weight excluding hydrogens is 316 g/mol. The maximum absolute atomic E-state index is 12.4. The van der Waals surface area contributed by atoms with Gasteiger partial charge in [-0.15, -0.1) is 0 Å². The quantitative estimate of drug-likeness (QED) is 0.669. The van der Waals surface area contributed by atoms with Gasteiger partial charge in [-0.25, -0.2) is 0 Å². The molecule has 6 heteroatoms. The second-order valence-corrected chi connectivity index (χ2v) is 6.09. The standard InChI is InChI=1S/C19H20N4O2/c1-12-3-5-14(6-4-12)17(21-13(2)24)10-19(25)22-16-8-7-15-11-20-23-18(15)9-16/h3-9,11,17H,10H2,1-2H3,(H,20,23)(H,21,24)(H,22,25). The molecule has 2 aromatic carbocycles. The lowest BCUT2D eigenvalue weighted by Gasteiger charge is -2.18. The lowest BCUT2D eigenvalue weighted by Crippen LogP contribution is -2.29. The van der Waals surface area contributed by atoms with Gasteiger partial charge >= 0.3 is 0 Å². The van der Waals surface area contributed by atoms with Crippen molar-refractivity contribution in [3.05, 3.63) is 59.8 Å². The number of rotatable bonds is 5. The largest absolute Gasteiger partial charge is 0.349 e. The molecule has 1 atom stereocenters. The summed E-state index contributed by atoms with van der Waals surface area (Å²) in [5.41, 5.74) is 3.57. The SMILES string of the molecule is CC(=O)NC(CC(=O)Nc1ccc2cn[nH]c2c1)c1ccc(C)cc1. The van der Waals surface area contributed by atoms with Gasteiger partial charge < -0.3 is 10.6 Å². The highest BCUT2D eigenvalue weighted by atomic mass is 16.2. The number of H-pyrrole nitrogens is 1. The van der Waals surface area contributed by atoms with Crippen molar-refractivity contribution in [2.24, 2.45) is 0 Å². The van der Waals surface area contributed by atoms with E-state index in [0.717, 1.165) is 22.0 Å². The van der Waals surface area contributed by atoms with Gasteiger partial charge in [0, 0.05) is 18.0 Å². The molecule has 6 nitrogen and oxygen atoms in total. The molecule has 0 fully saturated rings. The number of nitrogens with zero attached hydrogens (tertiary/aromatic N) is 1. The van der Waals surface area contributed by atoms with Crippen molar-refractivity contribution in [3.8, 4) is 0 Å². The van der Waals surface area contributed by atoms with Crippen LogP contribution in [0.2, 0.25) is 0 Å². The van der Waals surface area contributed by atoms with Crippen molar-refractivity contribution in [1.29, 1.82) is 0 Å². The number of amides is 2. The van der Waals surface area contributed by atoms with E-state index in [1.165, 1.54) is 6.92 Å². The van der Waals surface area contributed by atoms with E-state index in [1.54, 1.807) is 6.20 Å². The lowest BCUT2D eigenvalue weighted by molar-refractivity contribution is -0.120. The second kappa shape index (κ2) is 7.17. The average molecular weight is 336 g/mol. The van der Waals surface area contributed by atoms with Crippen LogP contribution < -0.4 is 10.6 Å². The Hall–Kier alpha value is -3.15. The zero-order valence-corrected chi connectivity index (χ0v) is 14.2. The Labute approximate surface area is 145 Å². The first-order chi connectivity index (χ1) is 12.0. The van der Waals surface area contributed by atoms with Gasteiger partial charge in [0.25, 0.3) is 0 Å². The van der Waals surface area contributed by atoms with Crippen LogP contribution in [0.4, 0.5) is 5.69 Å². The van der Waals surface area contributed by atoms with E-state index in [-0.39, 0.29) is 24.3 Å². The van der Waals surface area contributed by atoms with Gasteiger partial charge in [0.2, 0.25) is 11.8 Å². The van der Waals surface area contributed by atoms with Crippen LogP contribution in [0.25, 0.3) is 10.9 Å². The summed E-state index contributed by atoms with van der Waals surface area (Å²) in [5, 5.41) is 13.5. The van der Waals surface area contributed by atoms with Crippen molar-refractivity contribution in [2.75, 3.05) is 5.32 Å². The fraction of sp³-hybridized carbons (Fsp3) is 0.211. The number of anilines is 1. The van der Waals surface area contributed by atoms with Crippen molar-refractivity contribution in [2.45, 2.75) is 26.3 Å². The third-order valence-electron chi connectivity index (χ3n) is 3.97. The van der Waals surface area contributed by atoms with Crippen molar-refractivity contribution < 1.29 is 9.59 Å². The molecular formula is C19H20N4O2. The fourth-order valence-corrected chi connectivity index (χ4v) is 2.71. The van der Waals surface area contributed by atoms with E-state index in [0.29, 0.717) is 5.69 Å². The van der Waals surface area contributed by atoms with E-state index in [9.17, 15) is 9.59 Å². The molecule has 1 aromatic heterocycles. The summed E-state index contributed by atoms with van der Waals surface area (Å²) in [7, 11) is 0. The smallest absolute Gasteiger partial charge is 0.226 e. The summed E-state index contributed by atoms with van der Waals surface area (Å²) in [5.74, 6) is -0.338. The summed E-state index contributed by atoms with van der Waals surface area (Å²) in [6, 6.07) is 13.0. The average Bonchev–Trinajstić information content (AvgIpc) is 3.02. The Balaban J connectivity index is 1.72. The predicted octanol–water partition coefficient (Wildman–Crippen LogP) is 3.08. The summed E-state index contributed by atoms with van der Waals surface area (Å²) >= 11 is 0. The molecule has 25 heavy (non-hydrogen) atoms. The molecule has 0 bridgehead atoms. The van der Waals surface area contributed by atoms with E-state index in [2.05, 4.69) is 20.8 Å². The molecule has 0 aliphatic rings. The van der Waals surface area contributed by atoms with E-state index in [4.69, 9.17) is 0 Å². The monoisotopic (exact) mass is 336 g/mol. The summed E-state index contributed by atoms with van der Waals surface area (Å²) in [6.07, 6.45) is 1.88. The number of benzene rings is 2. The number of carbonyl (C=O) groups excluding carboxylic acids is 2. The number of hydrogen-bond donors (Lipinski definition) is 3. The van der Waals surface area contributed by atoms with Crippen LogP contribution >= 0.6 is 0 Å². The molecule has 1 unspecified atom stereocenters. The van der Waals surface area contributed by atoms with Crippen LogP contribution in [0.3, 0.4) is 0 Å². The van der Waals surface area contributed by atoms with Gasteiger partial charge in [-0.1, -0.05) is 29.8 Å². The lowest BCUT2D eigenvalue weighted by atomic mass is 10.0. The van der Waals surface area contributed by atoms with Gasteiger partial charge in [-0.3, -0.25) is 14.7 Å². The summed E-state index contributed by atoms with van der Waals surface area (Å²) in [4.78, 5) is 23.9. The summed E-state index contributed by atoms with van der Waals surface area (Å²) in [6.45, 7) is 3.45. The Bertz CT molecular complexity index is 899. The predicted molar refractivity (Wildman–Crippen MR) is 97.1 cm³/mol. The first-order valence-electron chi connectivity index (χ1n) is 8.08. The molecule has 3 rings (SSSR count). The van der Waals surface area contributed by atoms with Crippen LogP contribution in [-0.4, -0.2) is 22.0 Å². The van der Waals surface area contributed by atoms with Crippen molar-refractivity contribution in [3.63, 3.8) is 0 Å². The molecule has 3 aromatic rings. The highest BCUT2D eigenvalue weighted by Crippen LogP contribution is 2.20. The molecule has 3 N–H and O–H groups in total. The molecule has 1 heterocycles. The maximum atomic E-state index is 12.4. The topological polar surface area (TPSA) is 86.9 Å². The third-order valence-corrected chi connectivity index (χ3v) is 3.97. The Morgan fingerprint density at radius 3 is 2.64 bits per heavy atom. The van der Waals surface area contributed by atoms with Crippen molar-refractivity contribution in [1.82, 2.24) is 15.5 Å². The number of nitrogens with one attached hydrogen (secondary N) is 3. The minimum absolute atomic E-state index is 0.156. The molecule has 0 spiro atoms. The van der Waals surface area contributed by atoms with Crippen LogP contribution in [0.15, 0.2) is 48.7 Å². The molecule has 0 saturated heterocycles. The van der Waals surface area contributed by atoms with Crippen LogP contribution in [0.1, 0.15) is 30.5 Å². The number of hydrogen-bond acceptors (Lipinski definition) is 3. The zero-order chi connectivity index (χ0) is 17.8. The van der Waals surface area contributed by atoms with Crippen LogP contribution in [0.5, 0.6) is 0 Å². The van der Waals surface area contributed by atoms with Gasteiger partial charge in [-0.2, -0.15) is 5.10 Å². The number of aromatic nitrogens is 2. The van der Waals surface area contributed by atoms with Gasteiger partial charge in [0.15, 0.2) is 0 Å². The number of aromatic amines is 1. The zero-order valence-electron chi connectivity index (χ0n) is 14.2. The molecule has 0 saturated carbocycles. The van der Waals surface area contributed by atoms with Crippen molar-refractivity contribution >= 4 is 28.4 Å². The molecule has 0 aliphatic carbocycles. The van der Waals surface area contributed by atoms with Crippen LogP contribution in [0, 0.1) is 6.92 Å². The highest BCUT2D eigenvalue weighted by Gasteiger charge is 2.17. The molecule has 128 valence electrons. The molecule has 0 aliphatic heterocycles. The molecule has 2 amide bonds. The second-order valence-electron chi connectivity index (χ2n) is 6.09. The summed E-state index contributed by atoms with van der Waals surface area (Å²) < 4.78 is 0. The minimum Gasteiger partial charge on any atom is -0.349 e. The Morgan fingerprint density at radius 2 is 1.92 bits per heavy atom. The van der Waals surface area contributed by atoms with Gasteiger partial charge in [-0.05, 0) is 30.7 Å². The minimum atomic E-state index is -0.367. The number of aryl methyl sites for hydroxylation is 1. The third kappa shape index (κ3) is 4.23. The van der Waals surface area contributed by atoms with E-state index >= 15 is 0 Å². The van der Waals surface area contributed by atoms with Crippen LogP contribution in [-0.2, 0) is 9.59 Å². The van der Waals surface area contributed by atoms with Gasteiger partial charge in [0.1, 0.15) is 0 Å². The molecule has 0 radical (unpaired) electrons. The van der Waals surface area contributed by atoms with E-state index < -0.39 is 0 Å². The highest BCUT2D eigenvalue weighted by molar-refractivity contribution is 5.94. The Morgan fingerprint density at radius 1 is 1.16 bits per heavy atom. The number of carbonyl (C=O) groups is 2. The number of fused-ring (bicyclic) bond motifs is 1.